The average molecular weight is 346 g/mol. The highest BCUT2D eigenvalue weighted by molar-refractivity contribution is 5.98. The molecule has 1 saturated heterocycles. The molecule has 3 rings (SSSR count). The van der Waals surface area contributed by atoms with Crippen molar-refractivity contribution in [2.24, 2.45) is 0 Å². The van der Waals surface area contributed by atoms with Crippen LogP contribution >= 0.6 is 0 Å². The highest BCUT2D eigenvalue weighted by Crippen LogP contribution is 2.22. The van der Waals surface area contributed by atoms with Crippen molar-refractivity contribution in [2.75, 3.05) is 13.1 Å². The van der Waals surface area contributed by atoms with Gasteiger partial charge in [-0.2, -0.15) is 0 Å². The Hall–Kier alpha value is -2.83. The quantitative estimate of drug-likeness (QED) is 0.922. The minimum absolute atomic E-state index is 0.114. The van der Waals surface area contributed by atoms with E-state index in [9.17, 15) is 14.0 Å². The monoisotopic (exact) mass is 346 g/mol. The van der Waals surface area contributed by atoms with Gasteiger partial charge in [0, 0.05) is 13.1 Å². The zero-order valence-corrected chi connectivity index (χ0v) is 14.0. The van der Waals surface area contributed by atoms with Crippen molar-refractivity contribution in [3.8, 4) is 5.75 Å². The molecule has 1 N–H and O–H groups in total. The number of benzene rings is 1. The van der Waals surface area contributed by atoms with E-state index >= 15 is 0 Å². The molecular weight excluding hydrogens is 327 g/mol. The van der Waals surface area contributed by atoms with E-state index in [0.717, 1.165) is 0 Å². The molecule has 25 heavy (non-hydrogen) atoms. The summed E-state index contributed by atoms with van der Waals surface area (Å²) in [6, 6.07) is 8.84. The Morgan fingerprint density at radius 1 is 1.28 bits per heavy atom. The molecule has 1 aromatic carbocycles. The van der Waals surface area contributed by atoms with Crippen LogP contribution in [0.2, 0.25) is 0 Å². The minimum Gasteiger partial charge on any atom is -0.486 e. The maximum absolute atomic E-state index is 12.9. The van der Waals surface area contributed by atoms with Crippen LogP contribution in [0.15, 0.2) is 40.8 Å². The molecule has 1 aliphatic rings. The van der Waals surface area contributed by atoms with Crippen molar-refractivity contribution in [2.45, 2.75) is 26.0 Å². The predicted molar refractivity (Wildman–Crippen MR) is 87.6 cm³/mol. The molecule has 2 amide bonds. The molecule has 0 radical (unpaired) electrons. The van der Waals surface area contributed by atoms with Crippen molar-refractivity contribution in [3.05, 3.63) is 53.7 Å². The number of hydrogen-bond donors (Lipinski definition) is 1. The lowest BCUT2D eigenvalue weighted by molar-refractivity contribution is -0.133. The van der Waals surface area contributed by atoms with Crippen molar-refractivity contribution in [1.82, 2.24) is 10.2 Å². The molecular formula is C18H19FN2O4. The SMILES string of the molecule is CC1(C)C(=O)NCCN1C(=O)c1ccc(COc2ccc(F)cc2)o1. The van der Waals surface area contributed by atoms with Crippen LogP contribution in [-0.2, 0) is 11.4 Å². The largest absolute Gasteiger partial charge is 0.486 e. The number of nitrogens with zero attached hydrogens (tertiary/aromatic N) is 1. The summed E-state index contributed by atoms with van der Waals surface area (Å²) in [6.07, 6.45) is 0. The molecule has 0 atom stereocenters. The molecule has 0 unspecified atom stereocenters. The molecule has 2 aromatic rings. The van der Waals surface area contributed by atoms with Crippen molar-refractivity contribution in [1.29, 1.82) is 0 Å². The first-order chi connectivity index (χ1) is 11.9. The van der Waals surface area contributed by atoms with E-state index < -0.39 is 5.54 Å². The van der Waals surface area contributed by atoms with E-state index in [2.05, 4.69) is 5.32 Å². The molecule has 6 nitrogen and oxygen atoms in total. The third-order valence-corrected chi connectivity index (χ3v) is 4.16. The fraction of sp³-hybridized carbons (Fsp3) is 0.333. The number of amides is 2. The van der Waals surface area contributed by atoms with Gasteiger partial charge in [-0.3, -0.25) is 9.59 Å². The van der Waals surface area contributed by atoms with E-state index in [4.69, 9.17) is 9.15 Å². The van der Waals surface area contributed by atoms with Gasteiger partial charge in [-0.1, -0.05) is 0 Å². The number of furan rings is 1. The normalized spacial score (nSPS) is 16.4. The second kappa shape index (κ2) is 6.58. The summed E-state index contributed by atoms with van der Waals surface area (Å²) in [6.45, 7) is 4.33. The van der Waals surface area contributed by atoms with Gasteiger partial charge in [0.2, 0.25) is 5.91 Å². The summed E-state index contributed by atoms with van der Waals surface area (Å²) in [7, 11) is 0. The summed E-state index contributed by atoms with van der Waals surface area (Å²) in [5.41, 5.74) is -0.938. The second-order valence-corrected chi connectivity index (χ2v) is 6.28. The van der Waals surface area contributed by atoms with E-state index in [1.165, 1.54) is 29.2 Å². The summed E-state index contributed by atoms with van der Waals surface area (Å²) in [5.74, 6) is 0.241. The maximum Gasteiger partial charge on any atom is 0.290 e. The zero-order valence-electron chi connectivity index (χ0n) is 14.0. The van der Waals surface area contributed by atoms with Gasteiger partial charge in [-0.05, 0) is 50.2 Å². The number of hydrogen-bond acceptors (Lipinski definition) is 4. The Balaban J connectivity index is 1.67. The molecule has 1 aliphatic heterocycles. The molecule has 7 heteroatoms. The van der Waals surface area contributed by atoms with Gasteiger partial charge >= 0.3 is 0 Å². The lowest BCUT2D eigenvalue weighted by Gasteiger charge is -2.40. The Labute approximate surface area is 144 Å². The lowest BCUT2D eigenvalue weighted by Crippen LogP contribution is -2.63. The van der Waals surface area contributed by atoms with Crippen LogP contribution in [0.3, 0.4) is 0 Å². The van der Waals surface area contributed by atoms with E-state index in [-0.39, 0.29) is 30.0 Å². The summed E-state index contributed by atoms with van der Waals surface area (Å²) in [5, 5.41) is 2.75. The van der Waals surface area contributed by atoms with Crippen molar-refractivity contribution < 1.29 is 23.1 Å². The molecule has 1 fully saturated rings. The summed E-state index contributed by atoms with van der Waals surface area (Å²) < 4.78 is 23.9. The van der Waals surface area contributed by atoms with Gasteiger partial charge in [0.05, 0.1) is 0 Å². The third kappa shape index (κ3) is 3.50. The Morgan fingerprint density at radius 2 is 2.00 bits per heavy atom. The van der Waals surface area contributed by atoms with Crippen LogP contribution < -0.4 is 10.1 Å². The van der Waals surface area contributed by atoms with Gasteiger partial charge in [0.1, 0.15) is 29.5 Å². The van der Waals surface area contributed by atoms with E-state index in [1.54, 1.807) is 26.0 Å². The van der Waals surface area contributed by atoms with Gasteiger partial charge in [-0.25, -0.2) is 4.39 Å². The first kappa shape index (κ1) is 17.0. The molecule has 0 saturated carbocycles. The number of carbonyl (C=O) groups is 2. The highest BCUT2D eigenvalue weighted by atomic mass is 19.1. The van der Waals surface area contributed by atoms with Gasteiger partial charge in [-0.15, -0.1) is 0 Å². The predicted octanol–water partition coefficient (Wildman–Crippen LogP) is 2.35. The topological polar surface area (TPSA) is 71.8 Å². The fourth-order valence-electron chi connectivity index (χ4n) is 2.64. The van der Waals surface area contributed by atoms with Crippen LogP contribution in [0.4, 0.5) is 4.39 Å². The van der Waals surface area contributed by atoms with Crippen LogP contribution in [-0.4, -0.2) is 35.3 Å². The molecule has 0 aliphatic carbocycles. The van der Waals surface area contributed by atoms with E-state index in [0.29, 0.717) is 24.6 Å². The Morgan fingerprint density at radius 3 is 2.72 bits per heavy atom. The molecule has 132 valence electrons. The van der Waals surface area contributed by atoms with Crippen LogP contribution in [0.25, 0.3) is 0 Å². The van der Waals surface area contributed by atoms with Gasteiger partial charge in [0.15, 0.2) is 5.76 Å². The number of ether oxygens (including phenoxy) is 1. The number of piperazine rings is 1. The smallest absolute Gasteiger partial charge is 0.290 e. The molecule has 0 spiro atoms. The second-order valence-electron chi connectivity index (χ2n) is 6.28. The average Bonchev–Trinajstić information content (AvgIpc) is 3.05. The molecule has 1 aromatic heterocycles. The zero-order chi connectivity index (χ0) is 18.0. The summed E-state index contributed by atoms with van der Waals surface area (Å²) in [4.78, 5) is 26.1. The third-order valence-electron chi connectivity index (χ3n) is 4.16. The minimum atomic E-state index is -0.938. The summed E-state index contributed by atoms with van der Waals surface area (Å²) >= 11 is 0. The molecule has 2 heterocycles. The highest BCUT2D eigenvalue weighted by Gasteiger charge is 2.41. The van der Waals surface area contributed by atoms with Crippen molar-refractivity contribution in [3.63, 3.8) is 0 Å². The van der Waals surface area contributed by atoms with E-state index in [1.807, 2.05) is 0 Å². The standard InChI is InChI=1S/C18H19FN2O4/c1-18(2)17(23)20-9-10-21(18)16(22)15-8-7-14(25-15)11-24-13-5-3-12(19)4-6-13/h3-8H,9-11H2,1-2H3,(H,20,23). The lowest BCUT2D eigenvalue weighted by atomic mass is 9.98. The maximum atomic E-state index is 12.9. The van der Waals surface area contributed by atoms with Crippen LogP contribution in [0, 0.1) is 5.82 Å². The fourth-order valence-corrected chi connectivity index (χ4v) is 2.64. The first-order valence-electron chi connectivity index (χ1n) is 7.95. The van der Waals surface area contributed by atoms with Gasteiger partial charge < -0.3 is 19.4 Å². The number of carbonyl (C=O) groups excluding carboxylic acids is 2. The van der Waals surface area contributed by atoms with Crippen LogP contribution in [0.1, 0.15) is 30.2 Å². The van der Waals surface area contributed by atoms with Gasteiger partial charge in [0.25, 0.3) is 5.91 Å². The first-order valence-corrected chi connectivity index (χ1v) is 7.95. The van der Waals surface area contributed by atoms with Crippen LogP contribution in [0.5, 0.6) is 5.75 Å². The molecule has 0 bridgehead atoms. The number of rotatable bonds is 4. The van der Waals surface area contributed by atoms with Crippen molar-refractivity contribution >= 4 is 11.8 Å². The number of nitrogens with one attached hydrogen (secondary N) is 1. The Bertz CT molecular complexity index is 783. The number of halogens is 1. The Kier molecular flexibility index (Phi) is 4.48.